The Bertz CT molecular complexity index is 535. The molecule has 7 heteroatoms. The summed E-state index contributed by atoms with van der Waals surface area (Å²) in [7, 11) is 3.58. The Hall–Kier alpha value is -2.15. The lowest BCUT2D eigenvalue weighted by Gasteiger charge is -2.07. The second kappa shape index (κ2) is 3.78. The normalized spacial score (nSPS) is 10.9. The molecule has 2 aromatic rings. The Kier molecular flexibility index (Phi) is 2.45. The van der Waals surface area contributed by atoms with Crippen LogP contribution in [-0.4, -0.2) is 29.0 Å². The molecule has 2 rings (SSSR count). The third-order valence-electron chi connectivity index (χ3n) is 1.90. The van der Waals surface area contributed by atoms with Crippen molar-refractivity contribution in [3.63, 3.8) is 0 Å². The molecule has 1 heterocycles. The molecule has 0 aliphatic carbocycles. The number of rotatable bonds is 3. The lowest BCUT2D eigenvalue weighted by atomic mass is 10.3. The number of nitrogens with zero attached hydrogens (tertiary/aromatic N) is 3. The number of non-ortho nitro benzene ring substituents is 1. The van der Waals surface area contributed by atoms with Gasteiger partial charge in [-0.1, -0.05) is 0 Å². The van der Waals surface area contributed by atoms with E-state index in [0.29, 0.717) is 17.1 Å². The average Bonchev–Trinajstić information content (AvgIpc) is 2.56. The van der Waals surface area contributed by atoms with E-state index in [0.717, 1.165) is 0 Å². The summed E-state index contributed by atoms with van der Waals surface area (Å²) in [6.45, 7) is 0. The first-order valence-corrected chi connectivity index (χ1v) is 4.55. The summed E-state index contributed by atoms with van der Waals surface area (Å²) in [4.78, 5) is 14.2. The highest BCUT2D eigenvalue weighted by Gasteiger charge is 2.11. The maximum atomic E-state index is 10.6. The quantitative estimate of drug-likeness (QED) is 0.627. The highest BCUT2D eigenvalue weighted by molar-refractivity contribution is 5.77. The summed E-state index contributed by atoms with van der Waals surface area (Å²) in [6.07, 6.45) is 0. The molecule has 0 aliphatic heterocycles. The zero-order chi connectivity index (χ0) is 11.7. The van der Waals surface area contributed by atoms with Crippen LogP contribution in [0, 0.1) is 10.1 Å². The molecule has 1 N–H and O–H groups in total. The van der Waals surface area contributed by atoms with Crippen molar-refractivity contribution in [2.75, 3.05) is 19.5 Å². The van der Waals surface area contributed by atoms with Gasteiger partial charge < -0.3 is 4.42 Å². The second-order valence-electron chi connectivity index (χ2n) is 3.43. The molecule has 16 heavy (non-hydrogen) atoms. The molecule has 1 aromatic carbocycles. The van der Waals surface area contributed by atoms with Crippen LogP contribution in [0.15, 0.2) is 22.6 Å². The van der Waals surface area contributed by atoms with Gasteiger partial charge in [0.15, 0.2) is 5.58 Å². The highest BCUT2D eigenvalue weighted by Crippen LogP contribution is 2.23. The Labute approximate surface area is 90.8 Å². The van der Waals surface area contributed by atoms with Crippen LogP contribution in [0.2, 0.25) is 0 Å². The van der Waals surface area contributed by atoms with Crippen molar-refractivity contribution in [1.82, 2.24) is 9.99 Å². The van der Waals surface area contributed by atoms with Gasteiger partial charge >= 0.3 is 6.01 Å². The number of hydrazine groups is 1. The first-order valence-electron chi connectivity index (χ1n) is 4.55. The fraction of sp³-hybridized carbons (Fsp3) is 0.222. The fourth-order valence-electron chi connectivity index (χ4n) is 1.27. The number of fused-ring (bicyclic) bond motifs is 1. The number of benzene rings is 1. The first kappa shape index (κ1) is 10.4. The number of anilines is 1. The zero-order valence-electron chi connectivity index (χ0n) is 8.80. The smallest absolute Gasteiger partial charge is 0.310 e. The summed E-state index contributed by atoms with van der Waals surface area (Å²) in [5.74, 6) is 0. The van der Waals surface area contributed by atoms with E-state index in [1.54, 1.807) is 19.1 Å². The van der Waals surface area contributed by atoms with E-state index in [1.165, 1.54) is 18.2 Å². The molecule has 0 bridgehead atoms. The molecule has 84 valence electrons. The van der Waals surface area contributed by atoms with E-state index in [4.69, 9.17) is 4.42 Å². The Morgan fingerprint density at radius 2 is 2.25 bits per heavy atom. The Balaban J connectivity index is 2.42. The van der Waals surface area contributed by atoms with Crippen LogP contribution in [0.25, 0.3) is 11.1 Å². The van der Waals surface area contributed by atoms with Gasteiger partial charge in [-0.05, 0) is 6.07 Å². The largest absolute Gasteiger partial charge is 0.423 e. The van der Waals surface area contributed by atoms with Gasteiger partial charge in [0, 0.05) is 26.2 Å². The number of nitrogens with one attached hydrogen (secondary N) is 1. The summed E-state index contributed by atoms with van der Waals surface area (Å²) < 4.78 is 5.33. The molecule has 1 aromatic heterocycles. The minimum Gasteiger partial charge on any atom is -0.423 e. The number of oxazole rings is 1. The van der Waals surface area contributed by atoms with Crippen LogP contribution in [0.3, 0.4) is 0 Å². The van der Waals surface area contributed by atoms with Crippen molar-refractivity contribution in [2.45, 2.75) is 0 Å². The molecule has 0 atom stereocenters. The van der Waals surface area contributed by atoms with Crippen molar-refractivity contribution in [3.8, 4) is 0 Å². The lowest BCUT2D eigenvalue weighted by Crippen LogP contribution is -2.19. The first-order chi connectivity index (χ1) is 7.56. The summed E-state index contributed by atoms with van der Waals surface area (Å²) in [5.41, 5.74) is 3.79. The van der Waals surface area contributed by atoms with Gasteiger partial charge in [0.25, 0.3) is 5.69 Å². The van der Waals surface area contributed by atoms with Gasteiger partial charge in [0.2, 0.25) is 0 Å². The Morgan fingerprint density at radius 3 is 2.88 bits per heavy atom. The van der Waals surface area contributed by atoms with Gasteiger partial charge in [-0.25, -0.2) is 5.01 Å². The van der Waals surface area contributed by atoms with E-state index in [1.807, 2.05) is 0 Å². The number of hydrogen-bond donors (Lipinski definition) is 1. The molecule has 0 saturated heterocycles. The van der Waals surface area contributed by atoms with Crippen LogP contribution in [0.1, 0.15) is 0 Å². The predicted molar refractivity (Wildman–Crippen MR) is 58.0 cm³/mol. The average molecular weight is 222 g/mol. The third-order valence-corrected chi connectivity index (χ3v) is 1.90. The van der Waals surface area contributed by atoms with E-state index in [-0.39, 0.29) is 5.69 Å². The van der Waals surface area contributed by atoms with Crippen molar-refractivity contribution in [3.05, 3.63) is 28.3 Å². The molecule has 7 nitrogen and oxygen atoms in total. The van der Waals surface area contributed by atoms with Gasteiger partial charge in [-0.3, -0.25) is 15.5 Å². The van der Waals surface area contributed by atoms with Crippen LogP contribution in [-0.2, 0) is 0 Å². The molecule has 0 spiro atoms. The summed E-state index contributed by atoms with van der Waals surface area (Å²) in [6, 6.07) is 4.59. The van der Waals surface area contributed by atoms with E-state index in [9.17, 15) is 10.1 Å². The zero-order valence-corrected chi connectivity index (χ0v) is 8.80. The molecular formula is C9H10N4O3. The molecule has 0 saturated carbocycles. The van der Waals surface area contributed by atoms with Crippen molar-refractivity contribution in [2.24, 2.45) is 0 Å². The predicted octanol–water partition coefficient (Wildman–Crippen LogP) is 1.62. The molecule has 0 fully saturated rings. The van der Waals surface area contributed by atoms with Crippen LogP contribution >= 0.6 is 0 Å². The highest BCUT2D eigenvalue weighted by atomic mass is 16.6. The van der Waals surface area contributed by atoms with E-state index < -0.39 is 4.92 Å². The third kappa shape index (κ3) is 1.94. The van der Waals surface area contributed by atoms with Crippen LogP contribution in [0.5, 0.6) is 0 Å². The van der Waals surface area contributed by atoms with E-state index >= 15 is 0 Å². The van der Waals surface area contributed by atoms with Crippen molar-refractivity contribution in [1.29, 1.82) is 0 Å². The van der Waals surface area contributed by atoms with Gasteiger partial charge in [0.05, 0.1) is 4.92 Å². The number of hydrogen-bond acceptors (Lipinski definition) is 6. The molecule has 0 unspecified atom stereocenters. The minimum absolute atomic E-state index is 0.00259. The van der Waals surface area contributed by atoms with Crippen LogP contribution < -0.4 is 5.43 Å². The lowest BCUT2D eigenvalue weighted by molar-refractivity contribution is -0.384. The fourth-order valence-corrected chi connectivity index (χ4v) is 1.27. The van der Waals surface area contributed by atoms with E-state index in [2.05, 4.69) is 10.4 Å². The monoisotopic (exact) mass is 222 g/mol. The van der Waals surface area contributed by atoms with Crippen molar-refractivity contribution >= 4 is 22.8 Å². The standard InChI is InChI=1S/C9H10N4O3/c1-12(2)11-9-10-7-5-6(13(14)15)3-4-8(7)16-9/h3-5H,1-2H3,(H,10,11). The maximum absolute atomic E-state index is 10.6. The topological polar surface area (TPSA) is 84.4 Å². The number of nitro benzene ring substituents is 1. The SMILES string of the molecule is CN(C)Nc1nc2cc([N+](=O)[O-])ccc2o1. The van der Waals surface area contributed by atoms with Crippen LogP contribution in [0.4, 0.5) is 11.7 Å². The van der Waals surface area contributed by atoms with Gasteiger partial charge in [0.1, 0.15) is 5.52 Å². The summed E-state index contributed by atoms with van der Waals surface area (Å²) in [5, 5.41) is 12.2. The number of aromatic nitrogens is 1. The molecule has 0 amide bonds. The minimum atomic E-state index is -0.465. The molecule has 0 radical (unpaired) electrons. The maximum Gasteiger partial charge on any atom is 0.310 e. The molecule has 0 aliphatic rings. The van der Waals surface area contributed by atoms with Gasteiger partial charge in [-0.2, -0.15) is 4.98 Å². The van der Waals surface area contributed by atoms with Gasteiger partial charge in [-0.15, -0.1) is 0 Å². The number of nitro groups is 1. The summed E-state index contributed by atoms with van der Waals surface area (Å²) >= 11 is 0. The Morgan fingerprint density at radius 1 is 1.50 bits per heavy atom. The van der Waals surface area contributed by atoms with Crippen molar-refractivity contribution < 1.29 is 9.34 Å². The molecular weight excluding hydrogens is 212 g/mol. The second-order valence-corrected chi connectivity index (χ2v) is 3.43.